The van der Waals surface area contributed by atoms with Gasteiger partial charge >= 0.3 is 0 Å². The second kappa shape index (κ2) is 5.93. The summed E-state index contributed by atoms with van der Waals surface area (Å²) in [5.41, 5.74) is 2.11. The number of fused-ring (bicyclic) bond motifs is 1. The van der Waals surface area contributed by atoms with Gasteiger partial charge in [0.2, 0.25) is 5.91 Å². The number of amides is 1. The fraction of sp³-hybridized carbons (Fsp3) is 0.357. The minimum Gasteiger partial charge on any atom is -0.347 e. The van der Waals surface area contributed by atoms with Crippen molar-refractivity contribution in [2.45, 2.75) is 13.0 Å². The Kier molecular flexibility index (Phi) is 4.26. The van der Waals surface area contributed by atoms with E-state index in [1.54, 1.807) is 32.3 Å². The summed E-state index contributed by atoms with van der Waals surface area (Å²) in [5.74, 6) is 1.17. The lowest BCUT2D eigenvalue weighted by Crippen LogP contribution is -2.27. The summed E-state index contributed by atoms with van der Waals surface area (Å²) in [6.45, 7) is 0.199. The summed E-state index contributed by atoms with van der Waals surface area (Å²) in [6.07, 6.45) is 0.582. The molecule has 0 saturated carbocycles. The van der Waals surface area contributed by atoms with Crippen molar-refractivity contribution in [1.29, 1.82) is 5.26 Å². The van der Waals surface area contributed by atoms with Gasteiger partial charge < -0.3 is 9.47 Å². The van der Waals surface area contributed by atoms with E-state index in [2.05, 4.69) is 11.1 Å². The fourth-order valence-corrected chi connectivity index (χ4v) is 2.14. The highest BCUT2D eigenvalue weighted by molar-refractivity contribution is 6.17. The van der Waals surface area contributed by atoms with E-state index in [9.17, 15) is 4.79 Å². The zero-order valence-electron chi connectivity index (χ0n) is 11.4. The monoisotopic (exact) mass is 290 g/mol. The molecule has 0 atom stereocenters. The van der Waals surface area contributed by atoms with Gasteiger partial charge in [0.05, 0.1) is 22.7 Å². The van der Waals surface area contributed by atoms with E-state index in [1.165, 1.54) is 4.90 Å². The van der Waals surface area contributed by atoms with E-state index >= 15 is 0 Å². The third-order valence-corrected chi connectivity index (χ3v) is 3.26. The first-order chi connectivity index (χ1) is 9.56. The van der Waals surface area contributed by atoms with Crippen LogP contribution in [-0.2, 0) is 17.8 Å². The zero-order valence-corrected chi connectivity index (χ0v) is 12.2. The van der Waals surface area contributed by atoms with Crippen LogP contribution in [0.1, 0.15) is 11.4 Å². The molecule has 5 nitrogen and oxygen atoms in total. The standard InChI is InChI=1S/C14H15ClN4O/c1-18(2)14(20)9-19-12-7-10(8-16)3-4-11(12)17-13(19)5-6-15/h3-4,7H,5-6,9H2,1-2H3. The summed E-state index contributed by atoms with van der Waals surface area (Å²) >= 11 is 5.79. The lowest BCUT2D eigenvalue weighted by molar-refractivity contribution is -0.129. The van der Waals surface area contributed by atoms with Gasteiger partial charge in [-0.1, -0.05) is 0 Å². The number of carbonyl (C=O) groups excluding carboxylic acids is 1. The molecule has 1 aromatic carbocycles. The van der Waals surface area contributed by atoms with Gasteiger partial charge in [0.25, 0.3) is 0 Å². The summed E-state index contributed by atoms with van der Waals surface area (Å²) in [7, 11) is 3.42. The number of aryl methyl sites for hydroxylation is 1. The summed E-state index contributed by atoms with van der Waals surface area (Å²) in [6, 6.07) is 7.37. The molecule has 0 aliphatic rings. The normalized spacial score (nSPS) is 10.5. The highest BCUT2D eigenvalue weighted by atomic mass is 35.5. The minimum absolute atomic E-state index is 0.0255. The number of rotatable bonds is 4. The highest BCUT2D eigenvalue weighted by Gasteiger charge is 2.14. The predicted molar refractivity (Wildman–Crippen MR) is 77.6 cm³/mol. The van der Waals surface area contributed by atoms with Crippen LogP contribution in [0.25, 0.3) is 11.0 Å². The van der Waals surface area contributed by atoms with Gasteiger partial charge in [0.1, 0.15) is 12.4 Å². The summed E-state index contributed by atoms with van der Waals surface area (Å²) < 4.78 is 1.83. The third-order valence-electron chi connectivity index (χ3n) is 3.07. The molecule has 0 N–H and O–H groups in total. The van der Waals surface area contributed by atoms with Crippen molar-refractivity contribution in [1.82, 2.24) is 14.5 Å². The number of hydrogen-bond donors (Lipinski definition) is 0. The first kappa shape index (κ1) is 14.4. The molecule has 0 radical (unpaired) electrons. The highest BCUT2D eigenvalue weighted by Crippen LogP contribution is 2.19. The Labute approximate surface area is 122 Å². The Morgan fingerprint density at radius 2 is 2.25 bits per heavy atom. The van der Waals surface area contributed by atoms with Gasteiger partial charge in [-0.05, 0) is 18.2 Å². The molecule has 1 heterocycles. The van der Waals surface area contributed by atoms with E-state index < -0.39 is 0 Å². The Morgan fingerprint density at radius 1 is 1.50 bits per heavy atom. The van der Waals surface area contributed by atoms with Crippen LogP contribution in [0, 0.1) is 11.3 Å². The van der Waals surface area contributed by atoms with Crippen molar-refractivity contribution < 1.29 is 4.79 Å². The Bertz CT molecular complexity index is 684. The molecular weight excluding hydrogens is 276 g/mol. The molecule has 0 unspecified atom stereocenters. The number of imidazole rings is 1. The lowest BCUT2D eigenvalue weighted by atomic mass is 10.2. The van der Waals surface area contributed by atoms with E-state index in [-0.39, 0.29) is 12.5 Å². The molecule has 0 aliphatic carbocycles. The molecule has 2 aromatic rings. The molecule has 1 aromatic heterocycles. The number of likely N-dealkylation sites (N-methyl/N-ethyl adjacent to an activating group) is 1. The van der Waals surface area contributed by atoms with Crippen LogP contribution in [0.3, 0.4) is 0 Å². The number of alkyl halides is 1. The first-order valence-electron chi connectivity index (χ1n) is 6.22. The SMILES string of the molecule is CN(C)C(=O)Cn1c(CCCl)nc2ccc(C#N)cc21. The molecule has 0 bridgehead atoms. The van der Waals surface area contributed by atoms with E-state index in [0.29, 0.717) is 17.9 Å². The molecule has 0 aliphatic heterocycles. The van der Waals surface area contributed by atoms with Crippen LogP contribution < -0.4 is 0 Å². The molecule has 1 amide bonds. The number of benzene rings is 1. The quantitative estimate of drug-likeness (QED) is 0.806. The van der Waals surface area contributed by atoms with Crippen LogP contribution in [0.4, 0.5) is 0 Å². The van der Waals surface area contributed by atoms with Crippen molar-refractivity contribution in [3.63, 3.8) is 0 Å². The number of carbonyl (C=O) groups is 1. The summed E-state index contributed by atoms with van der Waals surface area (Å²) in [4.78, 5) is 18.0. The van der Waals surface area contributed by atoms with E-state index in [0.717, 1.165) is 16.9 Å². The van der Waals surface area contributed by atoms with Crippen LogP contribution in [-0.4, -0.2) is 40.3 Å². The maximum atomic E-state index is 11.9. The van der Waals surface area contributed by atoms with Crippen LogP contribution in [0.15, 0.2) is 18.2 Å². The van der Waals surface area contributed by atoms with Gasteiger partial charge in [-0.2, -0.15) is 5.26 Å². The number of hydrogen-bond acceptors (Lipinski definition) is 3. The molecular formula is C14H15ClN4O. The average molecular weight is 291 g/mol. The number of nitriles is 1. The molecule has 104 valence electrons. The Morgan fingerprint density at radius 3 is 2.85 bits per heavy atom. The molecule has 2 rings (SSSR count). The number of halogens is 1. The molecule has 6 heteroatoms. The van der Waals surface area contributed by atoms with E-state index in [1.807, 2.05) is 4.57 Å². The minimum atomic E-state index is -0.0255. The second-order valence-electron chi connectivity index (χ2n) is 4.66. The second-order valence-corrected chi connectivity index (χ2v) is 5.03. The van der Waals surface area contributed by atoms with Crippen LogP contribution in [0.2, 0.25) is 0 Å². The summed E-state index contributed by atoms with van der Waals surface area (Å²) in [5, 5.41) is 8.99. The van der Waals surface area contributed by atoms with Crippen LogP contribution >= 0.6 is 11.6 Å². The zero-order chi connectivity index (χ0) is 14.7. The first-order valence-corrected chi connectivity index (χ1v) is 6.75. The molecule has 0 spiro atoms. The fourth-order valence-electron chi connectivity index (χ4n) is 1.97. The maximum Gasteiger partial charge on any atom is 0.242 e. The predicted octanol–water partition coefficient (Wildman–Crippen LogP) is 1.78. The lowest BCUT2D eigenvalue weighted by Gasteiger charge is -2.13. The largest absolute Gasteiger partial charge is 0.347 e. The van der Waals surface area contributed by atoms with Crippen molar-refractivity contribution in [3.8, 4) is 6.07 Å². The smallest absolute Gasteiger partial charge is 0.242 e. The Balaban J connectivity index is 2.54. The van der Waals surface area contributed by atoms with Crippen molar-refractivity contribution in [3.05, 3.63) is 29.6 Å². The van der Waals surface area contributed by atoms with Gasteiger partial charge in [-0.25, -0.2) is 4.98 Å². The van der Waals surface area contributed by atoms with Crippen molar-refractivity contribution in [2.24, 2.45) is 0 Å². The van der Waals surface area contributed by atoms with Crippen LogP contribution in [0.5, 0.6) is 0 Å². The third kappa shape index (κ3) is 2.75. The van der Waals surface area contributed by atoms with Gasteiger partial charge in [-0.15, -0.1) is 11.6 Å². The van der Waals surface area contributed by atoms with Gasteiger partial charge in [-0.3, -0.25) is 4.79 Å². The molecule has 0 saturated heterocycles. The van der Waals surface area contributed by atoms with E-state index in [4.69, 9.17) is 16.9 Å². The maximum absolute atomic E-state index is 11.9. The topological polar surface area (TPSA) is 61.9 Å². The molecule has 20 heavy (non-hydrogen) atoms. The Hall–Kier alpha value is -2.06. The average Bonchev–Trinajstić information content (AvgIpc) is 2.76. The number of nitrogens with zero attached hydrogens (tertiary/aromatic N) is 4. The van der Waals surface area contributed by atoms with Gasteiger partial charge in [0.15, 0.2) is 0 Å². The number of aromatic nitrogens is 2. The van der Waals surface area contributed by atoms with Crippen molar-refractivity contribution >= 4 is 28.5 Å². The molecule has 0 fully saturated rings. The van der Waals surface area contributed by atoms with Crippen molar-refractivity contribution in [2.75, 3.05) is 20.0 Å². The van der Waals surface area contributed by atoms with Gasteiger partial charge in [0, 0.05) is 26.4 Å².